The van der Waals surface area contributed by atoms with Gasteiger partial charge in [0.15, 0.2) is 0 Å². The normalized spacial score (nSPS) is 11.0. The third-order valence-corrected chi connectivity index (χ3v) is 3.30. The first kappa shape index (κ1) is 12.5. The molecule has 0 aliphatic heterocycles. The van der Waals surface area contributed by atoms with Crippen LogP contribution in [0, 0.1) is 20.8 Å². The zero-order valence-corrected chi connectivity index (χ0v) is 11.8. The molecule has 2 heterocycles. The molecule has 0 saturated carbocycles. The largest absolute Gasteiger partial charge is 0.480 e. The van der Waals surface area contributed by atoms with Gasteiger partial charge in [-0.3, -0.25) is 0 Å². The van der Waals surface area contributed by atoms with Gasteiger partial charge in [-0.25, -0.2) is 9.97 Å². The standard InChI is InChI=1S/C14H14N4O2/c1-7-5-10-13(17-11(19-4)6-15-10)12(8(7)2)14-16-9(3)20-18-14/h5-6H,1-4H3. The summed E-state index contributed by atoms with van der Waals surface area (Å²) >= 11 is 0. The maximum absolute atomic E-state index is 5.15. The molecule has 0 aliphatic rings. The molecule has 0 unspecified atom stereocenters. The van der Waals surface area contributed by atoms with Gasteiger partial charge in [-0.1, -0.05) is 5.16 Å². The van der Waals surface area contributed by atoms with Gasteiger partial charge in [-0.15, -0.1) is 0 Å². The molecule has 0 bridgehead atoms. The van der Waals surface area contributed by atoms with Gasteiger partial charge in [-0.2, -0.15) is 4.98 Å². The molecule has 3 rings (SSSR count). The zero-order chi connectivity index (χ0) is 14.3. The molecule has 3 aromatic rings. The van der Waals surface area contributed by atoms with E-state index in [4.69, 9.17) is 9.26 Å². The van der Waals surface area contributed by atoms with Crippen molar-refractivity contribution in [3.63, 3.8) is 0 Å². The van der Waals surface area contributed by atoms with Crippen LogP contribution in [0.25, 0.3) is 22.4 Å². The van der Waals surface area contributed by atoms with Gasteiger partial charge in [0.2, 0.25) is 17.6 Å². The summed E-state index contributed by atoms with van der Waals surface area (Å²) in [5, 5.41) is 4.00. The maximum atomic E-state index is 5.15. The number of hydrogen-bond acceptors (Lipinski definition) is 6. The average Bonchev–Trinajstić information content (AvgIpc) is 2.86. The van der Waals surface area contributed by atoms with Gasteiger partial charge in [0.25, 0.3) is 0 Å². The van der Waals surface area contributed by atoms with Crippen molar-refractivity contribution in [2.45, 2.75) is 20.8 Å². The van der Waals surface area contributed by atoms with Crippen LogP contribution in [0.2, 0.25) is 0 Å². The van der Waals surface area contributed by atoms with Crippen LogP contribution in [-0.2, 0) is 0 Å². The van der Waals surface area contributed by atoms with E-state index in [1.807, 2.05) is 19.9 Å². The molecule has 0 spiro atoms. The Hall–Kier alpha value is -2.50. The summed E-state index contributed by atoms with van der Waals surface area (Å²) in [6, 6.07) is 1.99. The number of rotatable bonds is 2. The minimum absolute atomic E-state index is 0.460. The second-order valence-electron chi connectivity index (χ2n) is 4.61. The van der Waals surface area contributed by atoms with Crippen molar-refractivity contribution < 1.29 is 9.26 Å². The van der Waals surface area contributed by atoms with Crippen molar-refractivity contribution in [2.24, 2.45) is 0 Å². The second-order valence-corrected chi connectivity index (χ2v) is 4.61. The van der Waals surface area contributed by atoms with Crippen molar-refractivity contribution in [1.29, 1.82) is 0 Å². The molecule has 2 aromatic heterocycles. The Balaban J connectivity index is 2.40. The smallest absolute Gasteiger partial charge is 0.232 e. The predicted octanol–water partition coefficient (Wildman–Crippen LogP) is 2.61. The Kier molecular flexibility index (Phi) is 2.85. The average molecular weight is 270 g/mol. The topological polar surface area (TPSA) is 73.9 Å². The van der Waals surface area contributed by atoms with Crippen molar-refractivity contribution in [3.05, 3.63) is 29.3 Å². The van der Waals surface area contributed by atoms with E-state index in [-0.39, 0.29) is 0 Å². The molecule has 0 fully saturated rings. The number of benzene rings is 1. The summed E-state index contributed by atoms with van der Waals surface area (Å²) in [4.78, 5) is 13.2. The van der Waals surface area contributed by atoms with E-state index in [0.717, 1.165) is 22.2 Å². The zero-order valence-electron chi connectivity index (χ0n) is 11.8. The van der Waals surface area contributed by atoms with Crippen molar-refractivity contribution in [2.75, 3.05) is 7.11 Å². The lowest BCUT2D eigenvalue weighted by molar-refractivity contribution is 0.394. The van der Waals surface area contributed by atoms with Gasteiger partial charge < -0.3 is 9.26 Å². The molecule has 0 aliphatic carbocycles. The monoisotopic (exact) mass is 270 g/mol. The van der Waals surface area contributed by atoms with E-state index in [0.29, 0.717) is 23.1 Å². The highest BCUT2D eigenvalue weighted by molar-refractivity contribution is 5.92. The van der Waals surface area contributed by atoms with E-state index in [1.54, 1.807) is 20.2 Å². The lowest BCUT2D eigenvalue weighted by Crippen LogP contribution is -1.97. The van der Waals surface area contributed by atoms with Gasteiger partial charge in [0.05, 0.1) is 24.4 Å². The number of fused-ring (bicyclic) bond motifs is 1. The molecular formula is C14H14N4O2. The number of hydrogen-bond donors (Lipinski definition) is 0. The van der Waals surface area contributed by atoms with Crippen molar-refractivity contribution >= 4 is 11.0 Å². The molecule has 0 atom stereocenters. The van der Waals surface area contributed by atoms with E-state index in [9.17, 15) is 0 Å². The van der Waals surface area contributed by atoms with Gasteiger partial charge in [-0.05, 0) is 31.0 Å². The molecular weight excluding hydrogens is 256 g/mol. The van der Waals surface area contributed by atoms with Crippen LogP contribution in [0.3, 0.4) is 0 Å². The molecule has 20 heavy (non-hydrogen) atoms. The van der Waals surface area contributed by atoms with Crippen LogP contribution in [0.15, 0.2) is 16.8 Å². The Morgan fingerprint density at radius 3 is 2.60 bits per heavy atom. The van der Waals surface area contributed by atoms with E-state index in [1.165, 1.54) is 0 Å². The van der Waals surface area contributed by atoms with Crippen LogP contribution in [0.1, 0.15) is 17.0 Å². The van der Waals surface area contributed by atoms with Crippen LogP contribution in [-0.4, -0.2) is 27.2 Å². The van der Waals surface area contributed by atoms with Crippen LogP contribution in [0.5, 0.6) is 5.88 Å². The highest BCUT2D eigenvalue weighted by Gasteiger charge is 2.17. The van der Waals surface area contributed by atoms with Crippen molar-refractivity contribution in [3.8, 4) is 17.3 Å². The lowest BCUT2D eigenvalue weighted by Gasteiger charge is -2.09. The molecule has 0 saturated heterocycles. The van der Waals surface area contributed by atoms with Crippen LogP contribution in [0.4, 0.5) is 0 Å². The fourth-order valence-electron chi connectivity index (χ4n) is 2.13. The fraction of sp³-hybridized carbons (Fsp3) is 0.286. The van der Waals surface area contributed by atoms with E-state index >= 15 is 0 Å². The third-order valence-electron chi connectivity index (χ3n) is 3.30. The summed E-state index contributed by atoms with van der Waals surface area (Å²) in [5.41, 5.74) is 4.50. The molecule has 1 aromatic carbocycles. The minimum atomic E-state index is 0.460. The maximum Gasteiger partial charge on any atom is 0.232 e. The first-order valence-corrected chi connectivity index (χ1v) is 6.21. The molecule has 0 N–H and O–H groups in total. The highest BCUT2D eigenvalue weighted by atomic mass is 16.5. The lowest BCUT2D eigenvalue weighted by atomic mass is 10.0. The van der Waals surface area contributed by atoms with Gasteiger partial charge in [0.1, 0.15) is 5.52 Å². The molecule has 0 radical (unpaired) electrons. The van der Waals surface area contributed by atoms with Crippen molar-refractivity contribution in [1.82, 2.24) is 20.1 Å². The molecule has 0 amide bonds. The Morgan fingerprint density at radius 2 is 1.95 bits per heavy atom. The third kappa shape index (κ3) is 1.89. The quantitative estimate of drug-likeness (QED) is 0.712. The number of nitrogens with zero attached hydrogens (tertiary/aromatic N) is 4. The Bertz CT molecular complexity index is 795. The minimum Gasteiger partial charge on any atom is -0.480 e. The molecule has 6 nitrogen and oxygen atoms in total. The molecule has 102 valence electrons. The van der Waals surface area contributed by atoms with Crippen LogP contribution < -0.4 is 4.74 Å². The number of ether oxygens (including phenoxy) is 1. The number of aromatic nitrogens is 4. The fourth-order valence-corrected chi connectivity index (χ4v) is 2.13. The van der Waals surface area contributed by atoms with Crippen LogP contribution >= 0.6 is 0 Å². The van der Waals surface area contributed by atoms with Gasteiger partial charge >= 0.3 is 0 Å². The first-order chi connectivity index (χ1) is 9.60. The second kappa shape index (κ2) is 4.56. The number of methoxy groups -OCH3 is 1. The summed E-state index contributed by atoms with van der Waals surface area (Å²) < 4.78 is 10.2. The summed E-state index contributed by atoms with van der Waals surface area (Å²) in [6.45, 7) is 5.80. The highest BCUT2D eigenvalue weighted by Crippen LogP contribution is 2.31. The molecule has 6 heteroatoms. The SMILES string of the molecule is COc1cnc2cc(C)c(C)c(-c3noc(C)n3)c2n1. The number of aryl methyl sites for hydroxylation is 2. The summed E-state index contributed by atoms with van der Waals surface area (Å²) in [7, 11) is 1.56. The summed E-state index contributed by atoms with van der Waals surface area (Å²) in [5.74, 6) is 1.50. The Morgan fingerprint density at radius 1 is 1.15 bits per heavy atom. The van der Waals surface area contributed by atoms with E-state index in [2.05, 4.69) is 20.1 Å². The summed E-state index contributed by atoms with van der Waals surface area (Å²) in [6.07, 6.45) is 1.60. The Labute approximate surface area is 115 Å². The predicted molar refractivity (Wildman–Crippen MR) is 73.6 cm³/mol. The first-order valence-electron chi connectivity index (χ1n) is 6.21. The van der Waals surface area contributed by atoms with E-state index < -0.39 is 0 Å². The van der Waals surface area contributed by atoms with Gasteiger partial charge in [0, 0.05) is 6.92 Å².